The second kappa shape index (κ2) is 7.93. The summed E-state index contributed by atoms with van der Waals surface area (Å²) >= 11 is 0. The molecule has 0 spiro atoms. The molecule has 0 aromatic carbocycles. The zero-order chi connectivity index (χ0) is 11.7. The van der Waals surface area contributed by atoms with E-state index >= 15 is 0 Å². The smallest absolute Gasteiger partial charge is 0.390 e. The molecule has 0 heterocycles. The first kappa shape index (κ1) is 14.7. The Kier molecular flexibility index (Phi) is 7.78. The van der Waals surface area contributed by atoms with Crippen molar-refractivity contribution in [1.82, 2.24) is 5.32 Å². The topological polar surface area (TPSA) is 32.3 Å². The van der Waals surface area contributed by atoms with Gasteiger partial charge in [-0.15, -0.1) is 0 Å². The molecule has 0 saturated carbocycles. The Morgan fingerprint density at radius 2 is 1.93 bits per heavy atom. The molecule has 15 heavy (non-hydrogen) atoms. The third-order valence-electron chi connectivity index (χ3n) is 2.25. The van der Waals surface area contributed by atoms with Crippen LogP contribution in [0.25, 0.3) is 0 Å². The van der Waals surface area contributed by atoms with Crippen LogP contribution in [0.5, 0.6) is 0 Å². The van der Waals surface area contributed by atoms with Crippen molar-refractivity contribution in [3.05, 3.63) is 0 Å². The van der Waals surface area contributed by atoms with E-state index < -0.39 is 12.6 Å². The van der Waals surface area contributed by atoms with Crippen LogP contribution in [0.2, 0.25) is 0 Å². The van der Waals surface area contributed by atoms with Crippen molar-refractivity contribution >= 4 is 0 Å². The summed E-state index contributed by atoms with van der Waals surface area (Å²) in [7, 11) is 0. The predicted octanol–water partition coefficient (Wildman–Crippen LogP) is 2.33. The molecule has 0 rings (SSSR count). The molecule has 92 valence electrons. The lowest BCUT2D eigenvalue weighted by molar-refractivity contribution is -0.133. The predicted molar refractivity (Wildman–Crippen MR) is 53.6 cm³/mol. The van der Waals surface area contributed by atoms with Crippen LogP contribution < -0.4 is 5.32 Å². The van der Waals surface area contributed by atoms with Crippen molar-refractivity contribution in [3.8, 4) is 0 Å². The molecule has 0 aliphatic carbocycles. The van der Waals surface area contributed by atoms with Crippen molar-refractivity contribution in [2.45, 2.75) is 38.8 Å². The normalized spacial score (nSPS) is 14.2. The van der Waals surface area contributed by atoms with Gasteiger partial charge in [-0.25, -0.2) is 0 Å². The average Bonchev–Trinajstić information content (AvgIpc) is 2.11. The number of hydrogen-bond acceptors (Lipinski definition) is 2. The van der Waals surface area contributed by atoms with E-state index in [1.54, 1.807) is 0 Å². The number of alkyl halides is 3. The lowest BCUT2D eigenvalue weighted by atomic mass is 10.0. The van der Waals surface area contributed by atoms with Crippen molar-refractivity contribution in [2.24, 2.45) is 5.92 Å². The summed E-state index contributed by atoms with van der Waals surface area (Å²) < 4.78 is 35.4. The Morgan fingerprint density at radius 1 is 1.27 bits per heavy atom. The highest BCUT2D eigenvalue weighted by atomic mass is 19.4. The summed E-state index contributed by atoms with van der Waals surface area (Å²) in [6.45, 7) is 2.66. The minimum absolute atomic E-state index is 0.0326. The summed E-state index contributed by atoms with van der Waals surface area (Å²) in [5.74, 6) is 0.285. The van der Waals surface area contributed by atoms with Crippen LogP contribution in [0.15, 0.2) is 0 Å². The van der Waals surface area contributed by atoms with Gasteiger partial charge in [-0.1, -0.05) is 13.3 Å². The molecule has 0 saturated heterocycles. The molecule has 5 heteroatoms. The Bertz CT molecular complexity index is 144. The van der Waals surface area contributed by atoms with Crippen LogP contribution in [-0.2, 0) is 0 Å². The standard InChI is InChI=1S/C10H20F3NO/c1-2-3-9(4-7-15)8-14-6-5-10(11,12)13/h9,14-15H,2-8H2,1H3. The van der Waals surface area contributed by atoms with Gasteiger partial charge in [0.2, 0.25) is 0 Å². The highest BCUT2D eigenvalue weighted by Gasteiger charge is 2.26. The number of aliphatic hydroxyl groups excluding tert-OH is 1. The van der Waals surface area contributed by atoms with E-state index in [-0.39, 0.29) is 19.1 Å². The summed E-state index contributed by atoms with van der Waals surface area (Å²) in [5, 5.41) is 11.5. The highest BCUT2D eigenvalue weighted by Crippen LogP contribution is 2.18. The van der Waals surface area contributed by atoms with Crippen LogP contribution in [-0.4, -0.2) is 31.0 Å². The molecule has 2 nitrogen and oxygen atoms in total. The SMILES string of the molecule is CCCC(CCO)CNCCC(F)(F)F. The molecule has 1 atom stereocenters. The van der Waals surface area contributed by atoms with E-state index in [9.17, 15) is 13.2 Å². The Balaban J connectivity index is 3.52. The molecule has 0 aliphatic rings. The van der Waals surface area contributed by atoms with E-state index in [1.807, 2.05) is 6.92 Å². The molecule has 2 N–H and O–H groups in total. The van der Waals surface area contributed by atoms with Crippen LogP contribution in [0.3, 0.4) is 0 Å². The first-order valence-corrected chi connectivity index (χ1v) is 5.38. The van der Waals surface area contributed by atoms with Crippen molar-refractivity contribution in [2.75, 3.05) is 19.7 Å². The van der Waals surface area contributed by atoms with E-state index in [2.05, 4.69) is 5.32 Å². The molecule has 0 aliphatic heterocycles. The monoisotopic (exact) mass is 227 g/mol. The number of nitrogens with one attached hydrogen (secondary N) is 1. The molecular formula is C10H20F3NO. The van der Waals surface area contributed by atoms with Crippen LogP contribution in [0.1, 0.15) is 32.6 Å². The fraction of sp³-hybridized carbons (Fsp3) is 1.00. The van der Waals surface area contributed by atoms with Gasteiger partial charge in [0, 0.05) is 13.2 Å². The second-order valence-corrected chi connectivity index (χ2v) is 3.74. The van der Waals surface area contributed by atoms with E-state index in [0.29, 0.717) is 13.0 Å². The highest BCUT2D eigenvalue weighted by molar-refractivity contribution is 4.63. The van der Waals surface area contributed by atoms with Crippen LogP contribution in [0, 0.1) is 5.92 Å². The molecule has 0 amide bonds. The summed E-state index contributed by atoms with van der Waals surface area (Å²) in [6, 6.07) is 0. The Hall–Kier alpha value is -0.290. The number of hydrogen-bond donors (Lipinski definition) is 2. The molecule has 0 aromatic heterocycles. The first-order valence-electron chi connectivity index (χ1n) is 5.38. The molecule has 0 aromatic rings. The Morgan fingerprint density at radius 3 is 2.40 bits per heavy atom. The maximum absolute atomic E-state index is 11.8. The average molecular weight is 227 g/mol. The molecule has 0 bridgehead atoms. The van der Waals surface area contributed by atoms with Crippen LogP contribution in [0.4, 0.5) is 13.2 Å². The number of halogens is 3. The summed E-state index contributed by atoms with van der Waals surface area (Å²) in [6.07, 6.45) is -2.27. The van der Waals surface area contributed by atoms with E-state index in [4.69, 9.17) is 5.11 Å². The van der Waals surface area contributed by atoms with Gasteiger partial charge >= 0.3 is 6.18 Å². The number of aliphatic hydroxyl groups is 1. The van der Waals surface area contributed by atoms with Crippen molar-refractivity contribution in [3.63, 3.8) is 0 Å². The quantitative estimate of drug-likeness (QED) is 0.624. The lowest BCUT2D eigenvalue weighted by Crippen LogP contribution is -2.27. The molecular weight excluding hydrogens is 207 g/mol. The fourth-order valence-electron chi connectivity index (χ4n) is 1.48. The zero-order valence-electron chi connectivity index (χ0n) is 9.11. The first-order chi connectivity index (χ1) is 6.99. The van der Waals surface area contributed by atoms with Gasteiger partial charge in [0.15, 0.2) is 0 Å². The van der Waals surface area contributed by atoms with Gasteiger partial charge in [0.05, 0.1) is 6.42 Å². The maximum Gasteiger partial charge on any atom is 0.390 e. The fourth-order valence-corrected chi connectivity index (χ4v) is 1.48. The zero-order valence-corrected chi connectivity index (χ0v) is 9.11. The summed E-state index contributed by atoms with van der Waals surface area (Å²) in [4.78, 5) is 0. The Labute approximate surface area is 88.9 Å². The van der Waals surface area contributed by atoms with Gasteiger partial charge in [-0.3, -0.25) is 0 Å². The number of rotatable bonds is 8. The van der Waals surface area contributed by atoms with Crippen molar-refractivity contribution < 1.29 is 18.3 Å². The third kappa shape index (κ3) is 10.0. The van der Waals surface area contributed by atoms with E-state index in [1.165, 1.54) is 0 Å². The van der Waals surface area contributed by atoms with Gasteiger partial charge in [-0.05, 0) is 25.3 Å². The van der Waals surface area contributed by atoms with Gasteiger partial charge in [0.25, 0.3) is 0 Å². The lowest BCUT2D eigenvalue weighted by Gasteiger charge is -2.16. The third-order valence-corrected chi connectivity index (χ3v) is 2.25. The minimum Gasteiger partial charge on any atom is -0.396 e. The van der Waals surface area contributed by atoms with Gasteiger partial charge < -0.3 is 10.4 Å². The minimum atomic E-state index is -4.08. The maximum atomic E-state index is 11.8. The van der Waals surface area contributed by atoms with Crippen LogP contribution >= 0.6 is 0 Å². The van der Waals surface area contributed by atoms with Crippen molar-refractivity contribution in [1.29, 1.82) is 0 Å². The molecule has 0 fully saturated rings. The largest absolute Gasteiger partial charge is 0.396 e. The van der Waals surface area contributed by atoms with Gasteiger partial charge in [0.1, 0.15) is 0 Å². The molecule has 0 radical (unpaired) electrons. The molecule has 1 unspecified atom stereocenters. The van der Waals surface area contributed by atoms with E-state index in [0.717, 1.165) is 12.8 Å². The van der Waals surface area contributed by atoms with Gasteiger partial charge in [-0.2, -0.15) is 13.2 Å². The second-order valence-electron chi connectivity index (χ2n) is 3.74. The summed E-state index contributed by atoms with van der Waals surface area (Å²) in [5.41, 5.74) is 0.